The first-order valence-corrected chi connectivity index (χ1v) is 8.04. The first kappa shape index (κ1) is 14.4. The Morgan fingerprint density at radius 3 is 2.70 bits per heavy atom. The van der Waals surface area contributed by atoms with Gasteiger partial charge in [-0.05, 0) is 60.3 Å². The maximum atomic E-state index is 14.1. The fourth-order valence-electron chi connectivity index (χ4n) is 2.90. The Labute approximate surface area is 126 Å². The molecule has 0 radical (unpaired) electrons. The van der Waals surface area contributed by atoms with Crippen LogP contribution in [0.1, 0.15) is 31.2 Å². The van der Waals surface area contributed by atoms with Gasteiger partial charge in [0.25, 0.3) is 0 Å². The first-order valence-electron chi connectivity index (χ1n) is 7.25. The van der Waals surface area contributed by atoms with Gasteiger partial charge in [0.05, 0.1) is 4.47 Å². The summed E-state index contributed by atoms with van der Waals surface area (Å²) < 4.78 is 28.3. The van der Waals surface area contributed by atoms with Gasteiger partial charge in [-0.25, -0.2) is 8.78 Å². The van der Waals surface area contributed by atoms with Crippen molar-refractivity contribution in [3.05, 3.63) is 33.8 Å². The minimum absolute atomic E-state index is 0.185. The molecule has 2 aliphatic rings. The average molecular weight is 345 g/mol. The molecule has 1 heterocycles. The van der Waals surface area contributed by atoms with E-state index in [9.17, 15) is 8.78 Å². The summed E-state index contributed by atoms with van der Waals surface area (Å²) in [7, 11) is 0. The second-order valence-corrected chi connectivity index (χ2v) is 6.63. The number of nitrogens with zero attached hydrogens (tertiary/aromatic N) is 1. The van der Waals surface area contributed by atoms with E-state index >= 15 is 0 Å². The first-order chi connectivity index (χ1) is 9.65. The molecule has 1 aromatic rings. The lowest BCUT2D eigenvalue weighted by Gasteiger charge is -2.26. The van der Waals surface area contributed by atoms with Gasteiger partial charge in [0, 0.05) is 30.7 Å². The van der Waals surface area contributed by atoms with Crippen molar-refractivity contribution in [2.45, 2.75) is 44.3 Å². The van der Waals surface area contributed by atoms with Crippen molar-refractivity contribution in [1.29, 1.82) is 0 Å². The molecule has 1 aromatic carbocycles. The molecular weight excluding hydrogens is 326 g/mol. The van der Waals surface area contributed by atoms with Gasteiger partial charge in [0.15, 0.2) is 0 Å². The van der Waals surface area contributed by atoms with E-state index in [1.807, 2.05) is 0 Å². The molecule has 1 saturated heterocycles. The largest absolute Gasteiger partial charge is 0.313 e. The van der Waals surface area contributed by atoms with Crippen molar-refractivity contribution in [2.24, 2.45) is 0 Å². The van der Waals surface area contributed by atoms with E-state index in [0.717, 1.165) is 32.4 Å². The topological polar surface area (TPSA) is 15.3 Å². The van der Waals surface area contributed by atoms with Gasteiger partial charge in [0.1, 0.15) is 11.6 Å². The van der Waals surface area contributed by atoms with Crippen LogP contribution < -0.4 is 5.32 Å². The summed E-state index contributed by atoms with van der Waals surface area (Å²) in [6.07, 6.45) is 4.64. The van der Waals surface area contributed by atoms with Gasteiger partial charge >= 0.3 is 0 Å². The van der Waals surface area contributed by atoms with Crippen LogP contribution in [0, 0.1) is 11.6 Å². The Morgan fingerprint density at radius 2 is 2.05 bits per heavy atom. The smallest absolute Gasteiger partial charge is 0.144 e. The van der Waals surface area contributed by atoms with Crippen LogP contribution in [0.3, 0.4) is 0 Å². The number of halogens is 3. The van der Waals surface area contributed by atoms with E-state index in [-0.39, 0.29) is 5.56 Å². The molecule has 2 fully saturated rings. The van der Waals surface area contributed by atoms with Crippen LogP contribution in [0.2, 0.25) is 0 Å². The number of rotatable bonds is 5. The van der Waals surface area contributed by atoms with Crippen molar-refractivity contribution < 1.29 is 8.78 Å². The van der Waals surface area contributed by atoms with E-state index in [4.69, 9.17) is 0 Å². The summed E-state index contributed by atoms with van der Waals surface area (Å²) in [4.78, 5) is 2.23. The lowest BCUT2D eigenvalue weighted by molar-refractivity contribution is 0.225. The molecule has 20 heavy (non-hydrogen) atoms. The number of hydrogen-bond acceptors (Lipinski definition) is 2. The standard InChI is InChI=1S/C15H19BrF2N2/c16-13-5-6-14(17)12(15(13)18)9-20(11-3-4-11)8-10-2-1-7-19-10/h5-6,10-11,19H,1-4,7-9H2. The zero-order chi connectivity index (χ0) is 14.1. The van der Waals surface area contributed by atoms with Gasteiger partial charge in [0.2, 0.25) is 0 Å². The molecule has 1 N–H and O–H groups in total. The predicted molar refractivity (Wildman–Crippen MR) is 78.5 cm³/mol. The van der Waals surface area contributed by atoms with Gasteiger partial charge in [-0.2, -0.15) is 0 Å². The maximum absolute atomic E-state index is 14.1. The van der Waals surface area contributed by atoms with Crippen molar-refractivity contribution >= 4 is 15.9 Å². The molecule has 0 bridgehead atoms. The molecule has 1 atom stereocenters. The van der Waals surface area contributed by atoms with Crippen molar-refractivity contribution in [2.75, 3.05) is 13.1 Å². The normalized spacial score (nSPS) is 22.7. The SMILES string of the molecule is Fc1ccc(Br)c(F)c1CN(CC1CCCN1)C1CC1. The van der Waals surface area contributed by atoms with Gasteiger partial charge in [-0.15, -0.1) is 0 Å². The zero-order valence-electron chi connectivity index (χ0n) is 11.3. The molecule has 2 nitrogen and oxygen atoms in total. The Morgan fingerprint density at radius 1 is 1.25 bits per heavy atom. The van der Waals surface area contributed by atoms with Crippen LogP contribution in [-0.4, -0.2) is 30.1 Å². The summed E-state index contributed by atoms with van der Waals surface area (Å²) in [6, 6.07) is 3.72. The Hall–Kier alpha value is -0.520. The maximum Gasteiger partial charge on any atom is 0.144 e. The Kier molecular flexibility index (Phi) is 4.38. The molecule has 0 spiro atoms. The lowest BCUT2D eigenvalue weighted by atomic mass is 10.1. The fourth-order valence-corrected chi connectivity index (χ4v) is 3.27. The molecule has 0 amide bonds. The average Bonchev–Trinajstić information content (AvgIpc) is 3.16. The number of benzene rings is 1. The molecule has 110 valence electrons. The van der Waals surface area contributed by atoms with E-state index in [1.165, 1.54) is 18.6 Å². The molecule has 1 aliphatic heterocycles. The van der Waals surface area contributed by atoms with E-state index in [0.29, 0.717) is 23.1 Å². The van der Waals surface area contributed by atoms with E-state index in [1.54, 1.807) is 0 Å². The molecule has 0 aromatic heterocycles. The molecule has 1 unspecified atom stereocenters. The van der Waals surface area contributed by atoms with Crippen LogP contribution in [0.15, 0.2) is 16.6 Å². The highest BCUT2D eigenvalue weighted by Gasteiger charge is 2.32. The second kappa shape index (κ2) is 6.08. The van der Waals surface area contributed by atoms with Crippen molar-refractivity contribution in [3.63, 3.8) is 0 Å². The molecule has 1 aliphatic carbocycles. The Bertz CT molecular complexity index is 485. The van der Waals surface area contributed by atoms with E-state index in [2.05, 4.69) is 26.1 Å². The van der Waals surface area contributed by atoms with Crippen LogP contribution in [0.5, 0.6) is 0 Å². The summed E-state index contributed by atoms with van der Waals surface area (Å²) in [5, 5.41) is 3.46. The highest BCUT2D eigenvalue weighted by Crippen LogP contribution is 2.31. The minimum atomic E-state index is -0.463. The minimum Gasteiger partial charge on any atom is -0.313 e. The third-order valence-electron chi connectivity index (χ3n) is 4.18. The monoisotopic (exact) mass is 344 g/mol. The highest BCUT2D eigenvalue weighted by molar-refractivity contribution is 9.10. The highest BCUT2D eigenvalue weighted by atomic mass is 79.9. The zero-order valence-corrected chi connectivity index (χ0v) is 12.9. The van der Waals surface area contributed by atoms with Crippen LogP contribution in [-0.2, 0) is 6.54 Å². The van der Waals surface area contributed by atoms with Crippen LogP contribution in [0.4, 0.5) is 8.78 Å². The quantitative estimate of drug-likeness (QED) is 0.823. The number of hydrogen-bond donors (Lipinski definition) is 1. The predicted octanol–water partition coefficient (Wildman–Crippen LogP) is 3.44. The van der Waals surface area contributed by atoms with Crippen molar-refractivity contribution in [3.8, 4) is 0 Å². The van der Waals surface area contributed by atoms with Crippen LogP contribution in [0.25, 0.3) is 0 Å². The fraction of sp³-hybridized carbons (Fsp3) is 0.600. The van der Waals surface area contributed by atoms with Gasteiger partial charge in [-0.3, -0.25) is 4.90 Å². The second-order valence-electron chi connectivity index (χ2n) is 5.78. The molecule has 5 heteroatoms. The molecule has 1 saturated carbocycles. The van der Waals surface area contributed by atoms with Gasteiger partial charge in [-0.1, -0.05) is 0 Å². The molecule has 3 rings (SSSR count). The molecular formula is C15H19BrF2N2. The summed E-state index contributed by atoms with van der Waals surface area (Å²) >= 11 is 3.14. The lowest BCUT2D eigenvalue weighted by Crippen LogP contribution is -2.38. The van der Waals surface area contributed by atoms with Crippen molar-refractivity contribution in [1.82, 2.24) is 10.2 Å². The summed E-state index contributed by atoms with van der Waals surface area (Å²) in [5.74, 6) is -0.911. The Balaban J connectivity index is 1.74. The summed E-state index contributed by atoms with van der Waals surface area (Å²) in [5.41, 5.74) is 0.185. The number of nitrogens with one attached hydrogen (secondary N) is 1. The van der Waals surface area contributed by atoms with Gasteiger partial charge < -0.3 is 5.32 Å². The van der Waals surface area contributed by atoms with E-state index < -0.39 is 11.6 Å². The third-order valence-corrected chi connectivity index (χ3v) is 4.79. The van der Waals surface area contributed by atoms with Crippen LogP contribution >= 0.6 is 15.9 Å². The summed E-state index contributed by atoms with van der Waals surface area (Å²) in [6.45, 7) is 2.30. The third kappa shape index (κ3) is 3.21.